The molecule has 1 amide bonds. The largest absolute Gasteiger partial charge is 0.481 e. The SMILES string of the molecule is COc1ccc2nccc(C3(O)CCN(CC4CN(C5=COC=C(C6=CC=CCC6)O5)C(=O)O4)CC3)c2n1. The van der Waals surface area contributed by atoms with Gasteiger partial charge in [-0.1, -0.05) is 18.2 Å². The number of piperidine rings is 1. The van der Waals surface area contributed by atoms with E-state index >= 15 is 0 Å². The van der Waals surface area contributed by atoms with Crippen LogP contribution in [0.15, 0.2) is 72.4 Å². The zero-order valence-corrected chi connectivity index (χ0v) is 21.2. The second kappa shape index (κ2) is 10.1. The van der Waals surface area contributed by atoms with Gasteiger partial charge in [-0.25, -0.2) is 14.7 Å². The number of carbonyl (C=O) groups excluding carboxylic acids is 1. The molecule has 0 saturated carbocycles. The fourth-order valence-electron chi connectivity index (χ4n) is 5.34. The predicted octanol–water partition coefficient (Wildman–Crippen LogP) is 3.71. The van der Waals surface area contributed by atoms with Gasteiger partial charge in [0.1, 0.15) is 12.4 Å². The number of likely N-dealkylation sites (tertiary alicyclic amines) is 1. The lowest BCUT2D eigenvalue weighted by molar-refractivity contribution is -0.0316. The fraction of sp³-hybridized carbons (Fsp3) is 0.393. The Hall–Kier alpha value is -3.89. The molecule has 1 atom stereocenters. The average molecular weight is 519 g/mol. The van der Waals surface area contributed by atoms with Gasteiger partial charge in [0, 0.05) is 37.5 Å². The molecule has 10 nitrogen and oxygen atoms in total. The van der Waals surface area contributed by atoms with Crippen LogP contribution in [0.4, 0.5) is 4.79 Å². The maximum absolute atomic E-state index is 12.7. The summed E-state index contributed by atoms with van der Waals surface area (Å²) < 4.78 is 22.4. The van der Waals surface area contributed by atoms with E-state index in [0.717, 1.165) is 29.5 Å². The first-order valence-corrected chi connectivity index (χ1v) is 12.9. The number of rotatable bonds is 6. The van der Waals surface area contributed by atoms with Crippen molar-refractivity contribution in [3.8, 4) is 5.88 Å². The molecule has 198 valence electrons. The monoisotopic (exact) mass is 518 g/mol. The molecule has 4 aliphatic rings. The summed E-state index contributed by atoms with van der Waals surface area (Å²) in [6.45, 7) is 2.22. The number of methoxy groups -OCH3 is 1. The predicted molar refractivity (Wildman–Crippen MR) is 137 cm³/mol. The number of aromatic nitrogens is 2. The van der Waals surface area contributed by atoms with Crippen molar-refractivity contribution in [2.45, 2.75) is 37.4 Å². The number of nitrogens with zero attached hydrogens (tertiary/aromatic N) is 4. The molecular weight excluding hydrogens is 488 g/mol. The van der Waals surface area contributed by atoms with E-state index in [4.69, 9.17) is 18.9 Å². The summed E-state index contributed by atoms with van der Waals surface area (Å²) in [5.41, 5.74) is 2.13. The minimum Gasteiger partial charge on any atom is -0.481 e. The summed E-state index contributed by atoms with van der Waals surface area (Å²) in [4.78, 5) is 25.3. The van der Waals surface area contributed by atoms with Gasteiger partial charge in [-0.05, 0) is 43.4 Å². The number of aliphatic hydroxyl groups is 1. The Morgan fingerprint density at radius 3 is 2.87 bits per heavy atom. The van der Waals surface area contributed by atoms with E-state index in [1.54, 1.807) is 25.6 Å². The number of ether oxygens (including phenoxy) is 4. The molecule has 10 heteroatoms. The molecule has 0 radical (unpaired) electrons. The molecular formula is C28H30N4O6. The quantitative estimate of drug-likeness (QED) is 0.613. The van der Waals surface area contributed by atoms with Crippen LogP contribution in [0.2, 0.25) is 0 Å². The maximum atomic E-state index is 12.7. The third kappa shape index (κ3) is 4.72. The number of pyridine rings is 2. The van der Waals surface area contributed by atoms with Crippen LogP contribution in [0.5, 0.6) is 5.88 Å². The molecule has 1 unspecified atom stereocenters. The second-order valence-electron chi connectivity index (χ2n) is 9.86. The summed E-state index contributed by atoms with van der Waals surface area (Å²) in [6.07, 6.45) is 12.8. The van der Waals surface area contributed by atoms with E-state index in [1.807, 2.05) is 24.3 Å². The molecule has 2 fully saturated rings. The van der Waals surface area contributed by atoms with Gasteiger partial charge in [0.05, 0.1) is 30.3 Å². The standard InChI is InChI=1S/C28H30N4O6/c1-35-24-8-7-22-26(30-24)21(9-12-29-22)28(34)10-13-31(14-11-28)15-20-16-32(27(33)37-20)25-18-36-17-23(38-25)19-5-3-2-4-6-19/h2-3,5,7-9,12,17-18,20,34H,4,6,10-11,13-16H2,1H3. The van der Waals surface area contributed by atoms with E-state index in [0.29, 0.717) is 62.1 Å². The Kier molecular flexibility index (Phi) is 6.50. The van der Waals surface area contributed by atoms with Gasteiger partial charge in [0.25, 0.3) is 0 Å². The van der Waals surface area contributed by atoms with Crippen LogP contribution in [0.25, 0.3) is 11.0 Å². The van der Waals surface area contributed by atoms with E-state index in [1.165, 1.54) is 11.2 Å². The topological polar surface area (TPSA) is 106 Å². The smallest absolute Gasteiger partial charge is 0.417 e. The lowest BCUT2D eigenvalue weighted by atomic mass is 9.84. The van der Waals surface area contributed by atoms with E-state index in [2.05, 4.69) is 20.9 Å². The van der Waals surface area contributed by atoms with E-state index < -0.39 is 11.7 Å². The van der Waals surface area contributed by atoms with Crippen molar-refractivity contribution < 1.29 is 28.8 Å². The highest BCUT2D eigenvalue weighted by molar-refractivity contribution is 5.79. The highest BCUT2D eigenvalue weighted by atomic mass is 16.6. The normalized spacial score (nSPS) is 23.2. The molecule has 38 heavy (non-hydrogen) atoms. The summed E-state index contributed by atoms with van der Waals surface area (Å²) in [6, 6.07) is 5.45. The molecule has 1 aliphatic carbocycles. The average Bonchev–Trinajstić information content (AvgIpc) is 3.34. The molecule has 0 aromatic carbocycles. The summed E-state index contributed by atoms with van der Waals surface area (Å²) in [7, 11) is 1.57. The molecule has 6 rings (SSSR count). The third-order valence-corrected chi connectivity index (χ3v) is 7.44. The van der Waals surface area contributed by atoms with Gasteiger partial charge in [-0.2, -0.15) is 0 Å². The minimum atomic E-state index is -1.03. The number of hydrogen-bond acceptors (Lipinski definition) is 9. The van der Waals surface area contributed by atoms with Gasteiger partial charge >= 0.3 is 6.09 Å². The van der Waals surface area contributed by atoms with Crippen LogP contribution in [0.1, 0.15) is 31.2 Å². The summed E-state index contributed by atoms with van der Waals surface area (Å²) >= 11 is 0. The van der Waals surface area contributed by atoms with Crippen molar-refractivity contribution in [3.63, 3.8) is 0 Å². The first kappa shape index (κ1) is 24.4. The van der Waals surface area contributed by atoms with Crippen molar-refractivity contribution >= 4 is 17.1 Å². The Labute approximate surface area is 220 Å². The highest BCUT2D eigenvalue weighted by Gasteiger charge is 2.40. The number of carbonyl (C=O) groups is 1. The van der Waals surface area contributed by atoms with Gasteiger partial charge in [-0.15, -0.1) is 0 Å². The zero-order valence-electron chi connectivity index (χ0n) is 21.2. The number of fused-ring (bicyclic) bond motifs is 1. The van der Waals surface area contributed by atoms with Crippen LogP contribution in [-0.2, 0) is 19.8 Å². The Bertz CT molecular complexity index is 1360. The lowest BCUT2D eigenvalue weighted by Crippen LogP contribution is -2.45. The Balaban J connectivity index is 1.07. The molecule has 3 aliphatic heterocycles. The molecule has 2 aromatic rings. The van der Waals surface area contributed by atoms with Crippen LogP contribution < -0.4 is 4.74 Å². The van der Waals surface area contributed by atoms with Crippen LogP contribution in [0, 0.1) is 0 Å². The zero-order chi connectivity index (χ0) is 26.1. The molecule has 2 aromatic heterocycles. The first-order chi connectivity index (χ1) is 18.5. The van der Waals surface area contributed by atoms with E-state index in [9.17, 15) is 9.90 Å². The maximum Gasteiger partial charge on any atom is 0.417 e. The van der Waals surface area contributed by atoms with Gasteiger partial charge < -0.3 is 24.1 Å². The number of amides is 1. The molecule has 1 N–H and O–H groups in total. The molecule has 0 bridgehead atoms. The molecule has 5 heterocycles. The third-order valence-electron chi connectivity index (χ3n) is 7.44. The lowest BCUT2D eigenvalue weighted by Gasteiger charge is -2.39. The Morgan fingerprint density at radius 1 is 1.21 bits per heavy atom. The number of hydrogen-bond donors (Lipinski definition) is 1. The van der Waals surface area contributed by atoms with Crippen molar-refractivity contribution in [2.75, 3.05) is 33.3 Å². The minimum absolute atomic E-state index is 0.322. The van der Waals surface area contributed by atoms with Crippen molar-refractivity contribution in [1.82, 2.24) is 19.8 Å². The van der Waals surface area contributed by atoms with E-state index in [-0.39, 0.29) is 6.10 Å². The van der Waals surface area contributed by atoms with Crippen LogP contribution >= 0.6 is 0 Å². The molecule has 0 spiro atoms. The van der Waals surface area contributed by atoms with Crippen molar-refractivity contribution in [2.24, 2.45) is 0 Å². The van der Waals surface area contributed by atoms with Crippen LogP contribution in [-0.4, -0.2) is 70.4 Å². The van der Waals surface area contributed by atoms with Crippen molar-refractivity contribution in [3.05, 3.63) is 77.9 Å². The number of allylic oxidation sites excluding steroid dienone is 4. The first-order valence-electron chi connectivity index (χ1n) is 12.9. The fourth-order valence-corrected chi connectivity index (χ4v) is 5.34. The van der Waals surface area contributed by atoms with Crippen LogP contribution in [0.3, 0.4) is 0 Å². The second-order valence-corrected chi connectivity index (χ2v) is 9.86. The van der Waals surface area contributed by atoms with Gasteiger partial charge in [-0.3, -0.25) is 9.88 Å². The van der Waals surface area contributed by atoms with Gasteiger partial charge in [0.2, 0.25) is 11.8 Å². The summed E-state index contributed by atoms with van der Waals surface area (Å²) in [5.74, 6) is 1.41. The number of cyclic esters (lactones) is 1. The van der Waals surface area contributed by atoms with Gasteiger partial charge in [0.15, 0.2) is 12.0 Å². The molecule has 2 saturated heterocycles. The summed E-state index contributed by atoms with van der Waals surface area (Å²) in [5, 5.41) is 11.6. The van der Waals surface area contributed by atoms with Crippen molar-refractivity contribution in [1.29, 1.82) is 0 Å². The highest BCUT2D eigenvalue weighted by Crippen LogP contribution is 2.37. The Morgan fingerprint density at radius 2 is 2.08 bits per heavy atom.